The topological polar surface area (TPSA) is 73.8 Å². The molecular weight excluding hydrogens is 306 g/mol. The summed E-state index contributed by atoms with van der Waals surface area (Å²) in [5.74, 6) is 0.860. The number of aliphatic hydroxyl groups excluding tert-OH is 1. The minimum absolute atomic E-state index is 0.00441. The maximum absolute atomic E-state index is 12.5. The van der Waals surface area contributed by atoms with E-state index in [1.54, 1.807) is 0 Å². The van der Waals surface area contributed by atoms with Gasteiger partial charge < -0.3 is 20.5 Å². The third-order valence-electron chi connectivity index (χ3n) is 4.71. The molecule has 2 aliphatic rings. The van der Waals surface area contributed by atoms with Crippen LogP contribution < -0.4 is 15.4 Å². The van der Waals surface area contributed by atoms with Gasteiger partial charge in [-0.1, -0.05) is 19.1 Å². The predicted molar refractivity (Wildman–Crippen MR) is 91.9 cm³/mol. The number of hydrogen-bond acceptors (Lipinski definition) is 5. The fraction of sp³-hybridized carbons (Fsp3) is 0.611. The second-order valence-corrected chi connectivity index (χ2v) is 6.62. The smallest absolute Gasteiger partial charge is 0.237 e. The van der Waals surface area contributed by atoms with Gasteiger partial charge in [0.05, 0.1) is 18.8 Å². The highest BCUT2D eigenvalue weighted by Crippen LogP contribution is 2.22. The van der Waals surface area contributed by atoms with E-state index < -0.39 is 6.10 Å². The Hall–Kier alpha value is -1.63. The van der Waals surface area contributed by atoms with Crippen LogP contribution in [0.2, 0.25) is 0 Å². The van der Waals surface area contributed by atoms with Crippen molar-refractivity contribution in [3.8, 4) is 5.75 Å². The van der Waals surface area contributed by atoms with Crippen LogP contribution in [0.1, 0.15) is 25.3 Å². The first-order valence-electron chi connectivity index (χ1n) is 8.81. The molecule has 2 saturated heterocycles. The first-order valence-corrected chi connectivity index (χ1v) is 8.81. The summed E-state index contributed by atoms with van der Waals surface area (Å²) in [5.41, 5.74) is 1.04. The fourth-order valence-electron chi connectivity index (χ4n) is 3.24. The van der Waals surface area contributed by atoms with Crippen molar-refractivity contribution in [1.29, 1.82) is 0 Å². The van der Waals surface area contributed by atoms with Crippen molar-refractivity contribution >= 4 is 5.91 Å². The summed E-state index contributed by atoms with van der Waals surface area (Å²) in [6.07, 6.45) is 1.10. The fourth-order valence-corrected chi connectivity index (χ4v) is 3.24. The summed E-state index contributed by atoms with van der Waals surface area (Å²) >= 11 is 0. The Labute approximate surface area is 143 Å². The summed E-state index contributed by atoms with van der Waals surface area (Å²) in [6.45, 7) is 5.67. The summed E-state index contributed by atoms with van der Waals surface area (Å²) in [4.78, 5) is 14.7. The summed E-state index contributed by atoms with van der Waals surface area (Å²) < 4.78 is 5.56. The molecule has 2 fully saturated rings. The zero-order valence-electron chi connectivity index (χ0n) is 14.2. The van der Waals surface area contributed by atoms with Crippen molar-refractivity contribution in [3.05, 3.63) is 29.8 Å². The van der Waals surface area contributed by atoms with E-state index in [1.807, 2.05) is 24.3 Å². The first-order chi connectivity index (χ1) is 11.7. The zero-order chi connectivity index (χ0) is 16.9. The van der Waals surface area contributed by atoms with Gasteiger partial charge in [-0.15, -0.1) is 0 Å². The maximum Gasteiger partial charge on any atom is 0.237 e. The van der Waals surface area contributed by atoms with Crippen molar-refractivity contribution in [2.45, 2.75) is 44.5 Å². The van der Waals surface area contributed by atoms with Gasteiger partial charge >= 0.3 is 0 Å². The molecule has 3 N–H and O–H groups in total. The van der Waals surface area contributed by atoms with E-state index in [-0.39, 0.29) is 11.9 Å². The summed E-state index contributed by atoms with van der Waals surface area (Å²) in [6, 6.07) is 7.96. The van der Waals surface area contributed by atoms with Crippen molar-refractivity contribution in [3.63, 3.8) is 0 Å². The molecule has 0 saturated carbocycles. The lowest BCUT2D eigenvalue weighted by Gasteiger charge is -2.38. The summed E-state index contributed by atoms with van der Waals surface area (Å²) in [5, 5.41) is 16.1. The number of ether oxygens (including phenoxy) is 1. The number of hydrogen-bond donors (Lipinski definition) is 3. The van der Waals surface area contributed by atoms with Gasteiger partial charge in [0.25, 0.3) is 0 Å². The number of carbonyl (C=O) groups is 1. The molecule has 2 atom stereocenters. The molecule has 24 heavy (non-hydrogen) atoms. The average Bonchev–Trinajstić information content (AvgIpc) is 2.91. The zero-order valence-corrected chi connectivity index (χ0v) is 14.2. The number of rotatable bonds is 7. The Morgan fingerprint density at radius 2 is 2.12 bits per heavy atom. The van der Waals surface area contributed by atoms with Gasteiger partial charge in [-0.05, 0) is 30.5 Å². The third-order valence-corrected chi connectivity index (χ3v) is 4.71. The molecular formula is C18H27N3O3. The molecule has 3 rings (SSSR count). The van der Waals surface area contributed by atoms with Crippen LogP contribution in [0.4, 0.5) is 0 Å². The Bertz CT molecular complexity index is 545. The molecule has 0 bridgehead atoms. The molecule has 0 radical (unpaired) electrons. The number of likely N-dealkylation sites (tertiary alicyclic amines) is 1. The van der Waals surface area contributed by atoms with Crippen molar-refractivity contribution in [1.82, 2.24) is 15.5 Å². The number of nitrogens with one attached hydrogen (secondary N) is 2. The number of benzene rings is 1. The van der Waals surface area contributed by atoms with E-state index in [0.717, 1.165) is 30.8 Å². The predicted octanol–water partition coefficient (Wildman–Crippen LogP) is 0.499. The Morgan fingerprint density at radius 1 is 1.38 bits per heavy atom. The van der Waals surface area contributed by atoms with Crippen LogP contribution >= 0.6 is 0 Å². The minimum Gasteiger partial charge on any atom is -0.494 e. The van der Waals surface area contributed by atoms with Crippen LogP contribution in [0.25, 0.3) is 0 Å². The molecule has 0 spiro atoms. The Kier molecular flexibility index (Phi) is 5.71. The quantitative estimate of drug-likeness (QED) is 0.678. The molecule has 0 unspecified atom stereocenters. The van der Waals surface area contributed by atoms with E-state index in [0.29, 0.717) is 32.2 Å². The molecule has 0 aliphatic carbocycles. The van der Waals surface area contributed by atoms with Gasteiger partial charge in [0.1, 0.15) is 5.75 Å². The Balaban J connectivity index is 1.51. The molecule has 2 heterocycles. The van der Waals surface area contributed by atoms with Crippen LogP contribution in [0.3, 0.4) is 0 Å². The van der Waals surface area contributed by atoms with Crippen molar-refractivity contribution < 1.29 is 14.6 Å². The van der Waals surface area contributed by atoms with Gasteiger partial charge in [0.15, 0.2) is 0 Å². The molecule has 2 aliphatic heterocycles. The number of β-amino-alcohol motifs (C(OH)–C–C–N with tert-alkyl or cyclic N) is 1. The molecule has 1 aromatic carbocycles. The van der Waals surface area contributed by atoms with E-state index in [9.17, 15) is 9.90 Å². The highest BCUT2D eigenvalue weighted by molar-refractivity contribution is 5.82. The van der Waals surface area contributed by atoms with Gasteiger partial charge in [0.2, 0.25) is 5.91 Å². The second-order valence-electron chi connectivity index (χ2n) is 6.62. The Morgan fingerprint density at radius 3 is 2.75 bits per heavy atom. The van der Waals surface area contributed by atoms with E-state index in [4.69, 9.17) is 4.74 Å². The van der Waals surface area contributed by atoms with E-state index in [2.05, 4.69) is 22.5 Å². The second kappa shape index (κ2) is 7.96. The van der Waals surface area contributed by atoms with Crippen molar-refractivity contribution in [2.24, 2.45) is 0 Å². The monoisotopic (exact) mass is 333 g/mol. The first kappa shape index (κ1) is 17.2. The number of aliphatic hydroxyl groups is 1. The molecule has 1 aromatic rings. The standard InChI is InChI=1S/C18H27N3O3/c1-2-7-24-16-5-3-13(4-6-16)9-20-18(23)17-8-15(22)12-21(17)14-10-19-11-14/h3-6,14-15,17,19,22H,2,7-12H2,1H3,(H,20,23)/t15-,17+/m1/s1. The number of carbonyl (C=O) groups excluding carboxylic acids is 1. The SMILES string of the molecule is CCCOc1ccc(CNC(=O)[C@@H]2C[C@@H](O)CN2C2CNC2)cc1. The van der Waals surface area contributed by atoms with Crippen molar-refractivity contribution in [2.75, 3.05) is 26.2 Å². The van der Waals surface area contributed by atoms with Crippen LogP contribution in [-0.2, 0) is 11.3 Å². The lowest BCUT2D eigenvalue weighted by molar-refractivity contribution is -0.126. The highest BCUT2D eigenvalue weighted by atomic mass is 16.5. The van der Waals surface area contributed by atoms with Crippen LogP contribution in [-0.4, -0.2) is 60.3 Å². The summed E-state index contributed by atoms with van der Waals surface area (Å²) in [7, 11) is 0. The number of amides is 1. The lowest BCUT2D eigenvalue weighted by Crippen LogP contribution is -2.60. The van der Waals surface area contributed by atoms with Crippen LogP contribution in [0.15, 0.2) is 24.3 Å². The molecule has 132 valence electrons. The van der Waals surface area contributed by atoms with Crippen LogP contribution in [0.5, 0.6) is 5.75 Å². The molecule has 6 nitrogen and oxygen atoms in total. The molecule has 1 amide bonds. The molecule has 6 heteroatoms. The third kappa shape index (κ3) is 4.06. The normalized spacial score (nSPS) is 24.6. The van der Waals surface area contributed by atoms with Gasteiger partial charge in [-0.25, -0.2) is 0 Å². The van der Waals surface area contributed by atoms with Gasteiger partial charge in [-0.2, -0.15) is 0 Å². The largest absolute Gasteiger partial charge is 0.494 e. The minimum atomic E-state index is -0.406. The van der Waals surface area contributed by atoms with E-state index in [1.165, 1.54) is 0 Å². The van der Waals surface area contributed by atoms with Gasteiger partial charge in [-0.3, -0.25) is 9.69 Å². The highest BCUT2D eigenvalue weighted by Gasteiger charge is 2.41. The maximum atomic E-state index is 12.5. The lowest BCUT2D eigenvalue weighted by atomic mass is 10.1. The van der Waals surface area contributed by atoms with E-state index >= 15 is 0 Å². The number of nitrogens with zero attached hydrogens (tertiary/aromatic N) is 1. The average molecular weight is 333 g/mol. The van der Waals surface area contributed by atoms with Gasteiger partial charge in [0, 0.05) is 32.2 Å². The van der Waals surface area contributed by atoms with Crippen LogP contribution in [0, 0.1) is 0 Å². The molecule has 0 aromatic heterocycles.